The van der Waals surface area contributed by atoms with Gasteiger partial charge in [0.2, 0.25) is 5.82 Å². The Balaban J connectivity index is 1.64. The Morgan fingerprint density at radius 3 is 2.62 bits per heavy atom. The first-order valence-corrected chi connectivity index (χ1v) is 11.3. The lowest BCUT2D eigenvalue weighted by molar-refractivity contribution is 0.175. The van der Waals surface area contributed by atoms with Crippen molar-refractivity contribution in [3.8, 4) is 22.5 Å². The summed E-state index contributed by atoms with van der Waals surface area (Å²) >= 11 is 0. The summed E-state index contributed by atoms with van der Waals surface area (Å²) in [6.45, 7) is 4.43. The number of fused-ring (bicyclic) bond motifs is 1. The molecule has 0 spiro atoms. The summed E-state index contributed by atoms with van der Waals surface area (Å²) in [4.78, 5) is 9.67. The zero-order valence-corrected chi connectivity index (χ0v) is 19.5. The smallest absolute Gasteiger partial charge is 0.205 e. The maximum atomic E-state index is 5.37. The third kappa shape index (κ3) is 4.17. The topological polar surface area (TPSA) is 107 Å². The second-order valence-electron chi connectivity index (χ2n) is 8.19. The number of methoxy groups -OCH3 is 1. The molecule has 0 saturated carbocycles. The Hall–Kier alpha value is -3.98. The molecule has 0 saturated heterocycles. The van der Waals surface area contributed by atoms with Gasteiger partial charge in [0.05, 0.1) is 0 Å². The van der Waals surface area contributed by atoms with Crippen molar-refractivity contribution in [3.63, 3.8) is 0 Å². The van der Waals surface area contributed by atoms with Crippen molar-refractivity contribution >= 4 is 5.65 Å². The second kappa shape index (κ2) is 9.48. The van der Waals surface area contributed by atoms with Gasteiger partial charge in [-0.25, -0.2) is 9.97 Å². The van der Waals surface area contributed by atoms with Crippen LogP contribution in [-0.4, -0.2) is 47.3 Å². The maximum Gasteiger partial charge on any atom is 0.205 e. The molecule has 5 aromatic rings. The van der Waals surface area contributed by atoms with Crippen molar-refractivity contribution < 1.29 is 4.74 Å². The van der Waals surface area contributed by atoms with Crippen LogP contribution in [0.5, 0.6) is 0 Å². The average Bonchev–Trinajstić information content (AvgIpc) is 3.52. The molecule has 9 nitrogen and oxygen atoms in total. The van der Waals surface area contributed by atoms with Crippen molar-refractivity contribution in [2.75, 3.05) is 7.11 Å². The van der Waals surface area contributed by atoms with Crippen molar-refractivity contribution in [3.05, 3.63) is 77.0 Å². The van der Waals surface area contributed by atoms with E-state index >= 15 is 0 Å². The van der Waals surface area contributed by atoms with Gasteiger partial charge in [-0.05, 0) is 41.3 Å². The Morgan fingerprint density at radius 1 is 1.03 bits per heavy atom. The molecular formula is C25H26N8O. The van der Waals surface area contributed by atoms with Gasteiger partial charge < -0.3 is 4.74 Å². The largest absolute Gasteiger partial charge is 0.377 e. The van der Waals surface area contributed by atoms with Crippen LogP contribution in [0.1, 0.15) is 41.8 Å². The lowest BCUT2D eigenvalue weighted by Gasteiger charge is -2.14. The second-order valence-corrected chi connectivity index (χ2v) is 8.19. The Bertz CT molecular complexity index is 1410. The minimum absolute atomic E-state index is 0.379. The SMILES string of the molecule is CCCc1nc(COC)n2nc(C)nc2c1Cc1ccc(-c2ccccc2)c(-c2nn[nH]n2)c1. The van der Waals surface area contributed by atoms with Crippen molar-refractivity contribution in [2.24, 2.45) is 0 Å². The van der Waals surface area contributed by atoms with Crippen LogP contribution in [0.2, 0.25) is 0 Å². The standard InChI is InChI=1S/C25H26N8O/c1-4-8-22-21(25-26-16(2)30-33(25)23(27-22)15-34-3)14-17-11-12-19(18-9-6-5-7-10-18)20(13-17)24-28-31-32-29-24/h5-7,9-13H,4,8,14-15H2,1-3H3,(H,28,29,31,32). The molecular weight excluding hydrogens is 428 g/mol. The van der Waals surface area contributed by atoms with Crippen LogP contribution in [0.25, 0.3) is 28.2 Å². The molecule has 1 N–H and O–H groups in total. The van der Waals surface area contributed by atoms with E-state index in [0.717, 1.165) is 57.8 Å². The van der Waals surface area contributed by atoms with Crippen LogP contribution in [-0.2, 0) is 24.2 Å². The third-order valence-corrected chi connectivity index (χ3v) is 5.74. The molecule has 0 fully saturated rings. The van der Waals surface area contributed by atoms with Gasteiger partial charge in [0.1, 0.15) is 12.4 Å². The molecule has 0 unspecified atom stereocenters. The molecule has 34 heavy (non-hydrogen) atoms. The first-order chi connectivity index (χ1) is 16.7. The molecule has 0 aliphatic carbocycles. The van der Waals surface area contributed by atoms with Gasteiger partial charge in [-0.2, -0.15) is 9.73 Å². The van der Waals surface area contributed by atoms with Crippen LogP contribution in [0.3, 0.4) is 0 Å². The first kappa shape index (κ1) is 21.8. The number of aromatic nitrogens is 8. The quantitative estimate of drug-likeness (QED) is 0.378. The van der Waals surface area contributed by atoms with Gasteiger partial charge >= 0.3 is 0 Å². The maximum absolute atomic E-state index is 5.37. The molecule has 0 amide bonds. The highest BCUT2D eigenvalue weighted by Gasteiger charge is 2.19. The first-order valence-electron chi connectivity index (χ1n) is 11.3. The molecule has 0 aliphatic rings. The van der Waals surface area contributed by atoms with Crippen molar-refractivity contribution in [1.82, 2.24) is 40.2 Å². The van der Waals surface area contributed by atoms with Gasteiger partial charge in [-0.15, -0.1) is 15.3 Å². The lowest BCUT2D eigenvalue weighted by atomic mass is 9.94. The van der Waals surface area contributed by atoms with E-state index in [-0.39, 0.29) is 0 Å². The molecule has 3 aromatic heterocycles. The monoisotopic (exact) mass is 454 g/mol. The molecule has 5 rings (SSSR count). The number of nitrogens with zero attached hydrogens (tertiary/aromatic N) is 7. The molecule has 172 valence electrons. The number of hydrogen-bond donors (Lipinski definition) is 1. The summed E-state index contributed by atoms with van der Waals surface area (Å²) in [5, 5.41) is 19.4. The fourth-order valence-electron chi connectivity index (χ4n) is 4.27. The summed E-state index contributed by atoms with van der Waals surface area (Å²) < 4.78 is 7.19. The minimum atomic E-state index is 0.379. The van der Waals surface area contributed by atoms with Gasteiger partial charge in [0.15, 0.2) is 11.5 Å². The molecule has 9 heteroatoms. The van der Waals surface area contributed by atoms with Crippen LogP contribution in [0.15, 0.2) is 48.5 Å². The number of aryl methyl sites for hydroxylation is 2. The molecule has 3 heterocycles. The number of nitrogens with one attached hydrogen (secondary N) is 1. The van der Waals surface area contributed by atoms with Gasteiger partial charge in [0, 0.05) is 30.4 Å². The fraction of sp³-hybridized carbons (Fsp3) is 0.280. The van der Waals surface area contributed by atoms with E-state index in [1.165, 1.54) is 0 Å². The normalized spacial score (nSPS) is 11.4. The number of H-pyrrole nitrogens is 1. The highest BCUT2D eigenvalue weighted by Crippen LogP contribution is 2.32. The van der Waals surface area contributed by atoms with Crippen LogP contribution < -0.4 is 0 Å². The van der Waals surface area contributed by atoms with E-state index in [9.17, 15) is 0 Å². The third-order valence-electron chi connectivity index (χ3n) is 5.74. The molecule has 0 bridgehead atoms. The molecule has 0 aliphatic heterocycles. The average molecular weight is 455 g/mol. The summed E-state index contributed by atoms with van der Waals surface area (Å²) in [6.07, 6.45) is 2.50. The Kier molecular flexibility index (Phi) is 6.09. The predicted octanol–water partition coefficient (Wildman–Crippen LogP) is 3.97. The number of benzene rings is 2. The number of aromatic amines is 1. The van der Waals surface area contributed by atoms with E-state index in [1.807, 2.05) is 29.6 Å². The summed E-state index contributed by atoms with van der Waals surface area (Å²) in [6, 6.07) is 16.6. The fourth-order valence-corrected chi connectivity index (χ4v) is 4.27. The van der Waals surface area contributed by atoms with Crippen molar-refractivity contribution in [2.45, 2.75) is 39.7 Å². The van der Waals surface area contributed by atoms with Gasteiger partial charge in [-0.3, -0.25) is 0 Å². The van der Waals surface area contributed by atoms with Crippen LogP contribution >= 0.6 is 0 Å². The molecule has 0 atom stereocenters. The number of tetrazole rings is 1. The van der Waals surface area contributed by atoms with E-state index in [2.05, 4.69) is 63.0 Å². The van der Waals surface area contributed by atoms with Gasteiger partial charge in [0.25, 0.3) is 0 Å². The summed E-state index contributed by atoms with van der Waals surface area (Å²) in [5.41, 5.74) is 7.12. The number of rotatable bonds is 8. The number of ether oxygens (including phenoxy) is 1. The predicted molar refractivity (Wildman–Crippen MR) is 128 cm³/mol. The lowest BCUT2D eigenvalue weighted by Crippen LogP contribution is -2.11. The molecule has 2 aromatic carbocycles. The molecule has 0 radical (unpaired) electrons. The van der Waals surface area contributed by atoms with E-state index < -0.39 is 0 Å². The highest BCUT2D eigenvalue weighted by atomic mass is 16.5. The zero-order chi connectivity index (χ0) is 23.5. The van der Waals surface area contributed by atoms with Gasteiger partial charge in [-0.1, -0.05) is 55.8 Å². The summed E-state index contributed by atoms with van der Waals surface area (Å²) in [7, 11) is 1.67. The minimum Gasteiger partial charge on any atom is -0.377 e. The Labute approximate surface area is 197 Å². The zero-order valence-electron chi connectivity index (χ0n) is 19.5. The Morgan fingerprint density at radius 2 is 1.88 bits per heavy atom. The van der Waals surface area contributed by atoms with E-state index in [1.54, 1.807) is 7.11 Å². The van der Waals surface area contributed by atoms with E-state index in [0.29, 0.717) is 24.7 Å². The van der Waals surface area contributed by atoms with Crippen molar-refractivity contribution in [1.29, 1.82) is 0 Å². The van der Waals surface area contributed by atoms with Crippen LogP contribution in [0.4, 0.5) is 0 Å². The van der Waals surface area contributed by atoms with Crippen LogP contribution in [0, 0.1) is 6.92 Å². The number of hydrogen-bond acceptors (Lipinski definition) is 7. The summed E-state index contributed by atoms with van der Waals surface area (Å²) in [5.74, 6) is 2.03. The highest BCUT2D eigenvalue weighted by molar-refractivity contribution is 5.81. The van der Waals surface area contributed by atoms with E-state index in [4.69, 9.17) is 14.7 Å².